The van der Waals surface area contributed by atoms with E-state index in [1.54, 1.807) is 4.90 Å². The first-order valence-electron chi connectivity index (χ1n) is 9.30. The molecule has 3 rings (SSSR count). The van der Waals surface area contributed by atoms with E-state index in [-0.39, 0.29) is 17.7 Å². The molecule has 0 bridgehead atoms. The van der Waals surface area contributed by atoms with Crippen LogP contribution >= 0.6 is 0 Å². The second-order valence-corrected chi connectivity index (χ2v) is 7.88. The van der Waals surface area contributed by atoms with Crippen LogP contribution in [0.25, 0.3) is 0 Å². The molecule has 1 unspecified atom stereocenters. The van der Waals surface area contributed by atoms with Gasteiger partial charge in [0.25, 0.3) is 0 Å². The maximum Gasteiger partial charge on any atom is 0.318 e. The molecule has 5 heteroatoms. The summed E-state index contributed by atoms with van der Waals surface area (Å²) in [5.74, 6) is 0. The number of urea groups is 1. The minimum absolute atomic E-state index is 0.0943. The van der Waals surface area contributed by atoms with Crippen LogP contribution in [0.1, 0.15) is 38.3 Å². The molecule has 1 atom stereocenters. The molecular weight excluding hydrogens is 338 g/mol. The molecule has 0 fully saturated rings. The van der Waals surface area contributed by atoms with Crippen molar-refractivity contribution >= 4 is 11.7 Å². The first-order valence-corrected chi connectivity index (χ1v) is 9.30. The Bertz CT molecular complexity index is 782. The minimum atomic E-state index is -0.297. The van der Waals surface area contributed by atoms with E-state index in [0.717, 1.165) is 16.8 Å². The first-order chi connectivity index (χ1) is 12.9. The lowest BCUT2D eigenvalue weighted by molar-refractivity contribution is 0.0580. The van der Waals surface area contributed by atoms with Gasteiger partial charge in [-0.1, -0.05) is 65.8 Å². The summed E-state index contributed by atoms with van der Waals surface area (Å²) in [6.45, 7) is 6.96. The van der Waals surface area contributed by atoms with Crippen LogP contribution in [-0.2, 0) is 11.4 Å². The number of rotatable bonds is 5. The van der Waals surface area contributed by atoms with Crippen molar-refractivity contribution in [1.82, 2.24) is 10.2 Å². The van der Waals surface area contributed by atoms with E-state index in [4.69, 9.17) is 4.84 Å². The Hall–Kier alpha value is -2.82. The fourth-order valence-electron chi connectivity index (χ4n) is 3.00. The summed E-state index contributed by atoms with van der Waals surface area (Å²) in [5.41, 5.74) is 2.78. The van der Waals surface area contributed by atoms with Crippen LogP contribution in [0.5, 0.6) is 0 Å². The Morgan fingerprint density at radius 1 is 1.11 bits per heavy atom. The van der Waals surface area contributed by atoms with Crippen LogP contribution in [0.2, 0.25) is 0 Å². The number of benzene rings is 2. The Labute approximate surface area is 161 Å². The zero-order valence-electron chi connectivity index (χ0n) is 16.2. The molecule has 0 saturated heterocycles. The monoisotopic (exact) mass is 365 g/mol. The Morgan fingerprint density at radius 2 is 1.74 bits per heavy atom. The summed E-state index contributed by atoms with van der Waals surface area (Å²) < 4.78 is 0. The highest BCUT2D eigenvalue weighted by Gasteiger charge is 2.28. The molecule has 0 saturated carbocycles. The summed E-state index contributed by atoms with van der Waals surface area (Å²) >= 11 is 0. The van der Waals surface area contributed by atoms with Gasteiger partial charge in [-0.15, -0.1) is 0 Å². The molecule has 2 amide bonds. The van der Waals surface area contributed by atoms with Gasteiger partial charge in [0.2, 0.25) is 0 Å². The molecule has 0 spiro atoms. The number of hydrogen-bond acceptors (Lipinski definition) is 3. The summed E-state index contributed by atoms with van der Waals surface area (Å²) in [6, 6.07) is 19.9. The largest absolute Gasteiger partial charge is 0.390 e. The highest BCUT2D eigenvalue weighted by Crippen LogP contribution is 2.19. The minimum Gasteiger partial charge on any atom is -0.390 e. The SMILES string of the molecule is CC(C)(C)NC(=O)N(Cc1ccccc1)CC1CC(c2ccccc2)=NO1. The zero-order chi connectivity index (χ0) is 19.3. The van der Waals surface area contributed by atoms with E-state index in [2.05, 4.69) is 10.5 Å². The molecule has 2 aromatic carbocycles. The van der Waals surface area contributed by atoms with E-state index in [0.29, 0.717) is 19.5 Å². The van der Waals surface area contributed by atoms with Crippen molar-refractivity contribution in [2.24, 2.45) is 5.16 Å². The number of carbonyl (C=O) groups is 1. The third-order valence-corrected chi connectivity index (χ3v) is 4.25. The lowest BCUT2D eigenvalue weighted by Crippen LogP contribution is -2.50. The smallest absolute Gasteiger partial charge is 0.318 e. The van der Waals surface area contributed by atoms with Crippen molar-refractivity contribution in [2.45, 2.75) is 45.4 Å². The number of oxime groups is 1. The predicted molar refractivity (Wildman–Crippen MR) is 108 cm³/mol. The van der Waals surface area contributed by atoms with Crippen LogP contribution in [-0.4, -0.2) is 34.8 Å². The average Bonchev–Trinajstić information content (AvgIpc) is 3.10. The maximum atomic E-state index is 12.8. The molecule has 2 aromatic rings. The quantitative estimate of drug-likeness (QED) is 0.864. The van der Waals surface area contributed by atoms with Gasteiger partial charge in [-0.25, -0.2) is 4.79 Å². The normalized spacial score (nSPS) is 16.4. The second-order valence-electron chi connectivity index (χ2n) is 7.88. The molecule has 142 valence electrons. The van der Waals surface area contributed by atoms with Crippen molar-refractivity contribution in [2.75, 3.05) is 6.54 Å². The van der Waals surface area contributed by atoms with E-state index in [1.807, 2.05) is 81.4 Å². The van der Waals surface area contributed by atoms with E-state index >= 15 is 0 Å². The van der Waals surface area contributed by atoms with Crippen LogP contribution < -0.4 is 5.32 Å². The molecule has 1 heterocycles. The molecular formula is C22H27N3O2. The number of hydrogen-bond donors (Lipinski definition) is 1. The van der Waals surface area contributed by atoms with E-state index in [1.165, 1.54) is 0 Å². The van der Waals surface area contributed by atoms with Crippen LogP contribution in [0.3, 0.4) is 0 Å². The molecule has 0 aromatic heterocycles. The number of amides is 2. The summed E-state index contributed by atoms with van der Waals surface area (Å²) in [7, 11) is 0. The molecule has 0 radical (unpaired) electrons. The second kappa shape index (κ2) is 8.25. The average molecular weight is 365 g/mol. The number of nitrogens with zero attached hydrogens (tertiary/aromatic N) is 2. The summed E-state index contributed by atoms with van der Waals surface area (Å²) in [4.78, 5) is 20.3. The van der Waals surface area contributed by atoms with Gasteiger partial charge in [-0.2, -0.15) is 0 Å². The molecule has 1 N–H and O–H groups in total. The standard InChI is InChI=1S/C22H27N3O2/c1-22(2,3)23-21(26)25(15-17-10-6-4-7-11-17)16-19-14-20(24-27-19)18-12-8-5-9-13-18/h4-13,19H,14-16H2,1-3H3,(H,23,26). The molecule has 1 aliphatic rings. The molecule has 0 aliphatic carbocycles. The lowest BCUT2D eigenvalue weighted by Gasteiger charge is -2.29. The Morgan fingerprint density at radius 3 is 2.37 bits per heavy atom. The lowest BCUT2D eigenvalue weighted by atomic mass is 10.0. The van der Waals surface area contributed by atoms with Gasteiger partial charge in [-0.3, -0.25) is 0 Å². The van der Waals surface area contributed by atoms with Gasteiger partial charge in [-0.05, 0) is 31.9 Å². The molecule has 1 aliphatic heterocycles. The summed E-state index contributed by atoms with van der Waals surface area (Å²) in [6.07, 6.45) is 0.549. The van der Waals surface area contributed by atoms with Crippen LogP contribution in [0, 0.1) is 0 Å². The Balaban J connectivity index is 1.67. The van der Waals surface area contributed by atoms with Crippen molar-refractivity contribution in [1.29, 1.82) is 0 Å². The third kappa shape index (κ3) is 5.58. The van der Waals surface area contributed by atoms with E-state index < -0.39 is 0 Å². The van der Waals surface area contributed by atoms with Gasteiger partial charge in [0.1, 0.15) is 0 Å². The molecule has 5 nitrogen and oxygen atoms in total. The number of nitrogens with one attached hydrogen (secondary N) is 1. The van der Waals surface area contributed by atoms with Crippen molar-refractivity contribution in [3.8, 4) is 0 Å². The van der Waals surface area contributed by atoms with E-state index in [9.17, 15) is 4.79 Å². The summed E-state index contributed by atoms with van der Waals surface area (Å²) in [5, 5.41) is 7.29. The van der Waals surface area contributed by atoms with Gasteiger partial charge >= 0.3 is 6.03 Å². The Kier molecular flexibility index (Phi) is 5.79. The highest BCUT2D eigenvalue weighted by molar-refractivity contribution is 6.01. The van der Waals surface area contributed by atoms with Crippen LogP contribution in [0.15, 0.2) is 65.8 Å². The number of carbonyl (C=O) groups excluding carboxylic acids is 1. The van der Waals surface area contributed by atoms with Gasteiger partial charge < -0.3 is 15.1 Å². The fourth-order valence-corrected chi connectivity index (χ4v) is 3.00. The van der Waals surface area contributed by atoms with Crippen molar-refractivity contribution in [3.63, 3.8) is 0 Å². The maximum absolute atomic E-state index is 12.8. The first kappa shape index (κ1) is 19.0. The molecule has 27 heavy (non-hydrogen) atoms. The fraction of sp³-hybridized carbons (Fsp3) is 0.364. The van der Waals surface area contributed by atoms with Gasteiger partial charge in [0, 0.05) is 18.5 Å². The topological polar surface area (TPSA) is 53.9 Å². The highest BCUT2D eigenvalue weighted by atomic mass is 16.6. The predicted octanol–water partition coefficient (Wildman–Crippen LogP) is 4.19. The van der Waals surface area contributed by atoms with Crippen molar-refractivity contribution in [3.05, 3.63) is 71.8 Å². The zero-order valence-corrected chi connectivity index (χ0v) is 16.2. The van der Waals surface area contributed by atoms with Crippen LogP contribution in [0.4, 0.5) is 4.79 Å². The van der Waals surface area contributed by atoms with Gasteiger partial charge in [0.15, 0.2) is 6.10 Å². The third-order valence-electron chi connectivity index (χ3n) is 4.25. The van der Waals surface area contributed by atoms with Gasteiger partial charge in [0.05, 0.1) is 12.3 Å². The van der Waals surface area contributed by atoms with Crippen molar-refractivity contribution < 1.29 is 9.63 Å².